The largest absolute Gasteiger partial charge is 0.458 e. The van der Waals surface area contributed by atoms with Crippen LogP contribution in [0.3, 0.4) is 0 Å². The maximum absolute atomic E-state index is 12.4. The van der Waals surface area contributed by atoms with Gasteiger partial charge in [-0.2, -0.15) is 0 Å². The summed E-state index contributed by atoms with van der Waals surface area (Å²) >= 11 is 0. The van der Waals surface area contributed by atoms with Gasteiger partial charge in [0.1, 0.15) is 6.61 Å². The zero-order valence-corrected chi connectivity index (χ0v) is 23.2. The SMILES string of the molecule is C=CC(=O)OCc1ccc(N(Cc2cc(C)cc(C)c2)c2ccc(CCC(=O)C=Cc3ccccc3)cc2)cc1. The summed E-state index contributed by atoms with van der Waals surface area (Å²) in [6, 6.07) is 32.9. The van der Waals surface area contributed by atoms with E-state index in [0.717, 1.165) is 28.1 Å². The van der Waals surface area contributed by atoms with Gasteiger partial charge in [0.2, 0.25) is 0 Å². The molecule has 0 fully saturated rings. The molecule has 202 valence electrons. The molecule has 4 heteroatoms. The van der Waals surface area contributed by atoms with Gasteiger partial charge in [-0.15, -0.1) is 0 Å². The third kappa shape index (κ3) is 8.40. The minimum Gasteiger partial charge on any atom is -0.458 e. The van der Waals surface area contributed by atoms with Gasteiger partial charge in [-0.3, -0.25) is 4.79 Å². The molecule has 0 spiro atoms. The average Bonchev–Trinajstić information content (AvgIpc) is 2.97. The van der Waals surface area contributed by atoms with Crippen molar-refractivity contribution in [2.45, 2.75) is 39.8 Å². The van der Waals surface area contributed by atoms with Crippen LogP contribution >= 0.6 is 0 Å². The Morgan fingerprint density at radius 3 is 1.98 bits per heavy atom. The van der Waals surface area contributed by atoms with Crippen LogP contribution in [0.5, 0.6) is 0 Å². The average molecular weight is 530 g/mol. The molecular weight excluding hydrogens is 494 g/mol. The van der Waals surface area contributed by atoms with Crippen LogP contribution in [-0.4, -0.2) is 11.8 Å². The fraction of sp³-hybridized carbons (Fsp3) is 0.167. The number of carbonyl (C=O) groups is 2. The summed E-state index contributed by atoms with van der Waals surface area (Å²) in [6.07, 6.45) is 5.85. The van der Waals surface area contributed by atoms with Crippen molar-refractivity contribution >= 4 is 29.2 Å². The molecule has 0 saturated carbocycles. The van der Waals surface area contributed by atoms with E-state index in [1.165, 1.54) is 22.8 Å². The number of esters is 1. The first-order valence-electron chi connectivity index (χ1n) is 13.5. The predicted octanol–water partition coefficient (Wildman–Crippen LogP) is 8.09. The molecule has 0 aliphatic carbocycles. The molecule has 0 amide bonds. The van der Waals surface area contributed by atoms with Crippen LogP contribution < -0.4 is 4.90 Å². The minimum absolute atomic E-state index is 0.114. The Bertz CT molecular complexity index is 1450. The van der Waals surface area contributed by atoms with Crippen molar-refractivity contribution in [2.75, 3.05) is 4.90 Å². The fourth-order valence-electron chi connectivity index (χ4n) is 4.61. The smallest absolute Gasteiger partial charge is 0.330 e. The van der Waals surface area contributed by atoms with Gasteiger partial charge < -0.3 is 9.64 Å². The van der Waals surface area contributed by atoms with Crippen LogP contribution in [0.15, 0.2) is 116 Å². The molecule has 4 nitrogen and oxygen atoms in total. The second kappa shape index (κ2) is 13.9. The van der Waals surface area contributed by atoms with Crippen molar-refractivity contribution < 1.29 is 14.3 Å². The summed E-state index contributed by atoms with van der Waals surface area (Å²) in [5, 5.41) is 0. The number of hydrogen-bond donors (Lipinski definition) is 0. The van der Waals surface area contributed by atoms with E-state index in [-0.39, 0.29) is 12.4 Å². The van der Waals surface area contributed by atoms with Gasteiger partial charge in [0, 0.05) is 30.4 Å². The van der Waals surface area contributed by atoms with Crippen LogP contribution in [0.1, 0.15) is 39.8 Å². The molecule has 0 aromatic heterocycles. The highest BCUT2D eigenvalue weighted by Gasteiger charge is 2.12. The van der Waals surface area contributed by atoms with Crippen LogP contribution in [0, 0.1) is 13.8 Å². The Balaban J connectivity index is 1.48. The number of benzene rings is 4. The first kappa shape index (κ1) is 28.3. The number of allylic oxidation sites excluding steroid dienone is 1. The van der Waals surface area contributed by atoms with E-state index in [1.807, 2.05) is 60.7 Å². The molecule has 0 bridgehead atoms. The summed E-state index contributed by atoms with van der Waals surface area (Å²) in [7, 11) is 0. The van der Waals surface area contributed by atoms with Crippen molar-refractivity contribution in [1.82, 2.24) is 0 Å². The number of rotatable bonds is 12. The molecule has 4 rings (SSSR count). The number of anilines is 2. The molecule has 0 atom stereocenters. The van der Waals surface area contributed by atoms with E-state index in [1.54, 1.807) is 6.08 Å². The van der Waals surface area contributed by atoms with Gasteiger partial charge in [-0.25, -0.2) is 4.79 Å². The number of ketones is 1. The third-order valence-electron chi connectivity index (χ3n) is 6.59. The normalized spacial score (nSPS) is 10.8. The Morgan fingerprint density at radius 2 is 1.38 bits per heavy atom. The van der Waals surface area contributed by atoms with E-state index >= 15 is 0 Å². The number of hydrogen-bond acceptors (Lipinski definition) is 4. The molecule has 0 aliphatic rings. The third-order valence-corrected chi connectivity index (χ3v) is 6.59. The second-order valence-corrected chi connectivity index (χ2v) is 9.94. The highest BCUT2D eigenvalue weighted by Crippen LogP contribution is 2.29. The van der Waals surface area contributed by atoms with E-state index in [0.29, 0.717) is 19.4 Å². The van der Waals surface area contributed by atoms with Crippen molar-refractivity contribution in [2.24, 2.45) is 0 Å². The highest BCUT2D eigenvalue weighted by atomic mass is 16.5. The lowest BCUT2D eigenvalue weighted by Gasteiger charge is -2.26. The molecule has 40 heavy (non-hydrogen) atoms. The van der Waals surface area contributed by atoms with Gasteiger partial charge in [-0.1, -0.05) is 96.6 Å². The summed E-state index contributed by atoms with van der Waals surface area (Å²) < 4.78 is 5.18. The van der Waals surface area contributed by atoms with E-state index < -0.39 is 5.97 Å². The first-order valence-corrected chi connectivity index (χ1v) is 13.5. The highest BCUT2D eigenvalue weighted by molar-refractivity contribution is 5.93. The Hall–Kier alpha value is -4.70. The number of carbonyl (C=O) groups excluding carboxylic acids is 2. The van der Waals surface area contributed by atoms with Gasteiger partial charge in [0.15, 0.2) is 5.78 Å². The van der Waals surface area contributed by atoms with Crippen molar-refractivity contribution in [3.05, 3.63) is 149 Å². The van der Waals surface area contributed by atoms with Crippen LogP contribution in [0.2, 0.25) is 0 Å². The summed E-state index contributed by atoms with van der Waals surface area (Å²) in [4.78, 5) is 26.1. The molecule has 0 heterocycles. The lowest BCUT2D eigenvalue weighted by molar-refractivity contribution is -0.139. The lowest BCUT2D eigenvalue weighted by atomic mass is 10.0. The second-order valence-electron chi connectivity index (χ2n) is 9.94. The lowest BCUT2D eigenvalue weighted by Crippen LogP contribution is -2.17. The van der Waals surface area contributed by atoms with Crippen LogP contribution in [0.4, 0.5) is 11.4 Å². The standard InChI is InChI=1S/C36H35NO3/c1-4-36(39)40-26-31-12-18-34(19-13-31)37(25-32-23-27(2)22-28(3)24-32)33-16-10-30(11-17-33)15-21-35(38)20-14-29-8-6-5-7-9-29/h4-14,16-20,22-24H,1,15,21,25-26H2,2-3H3. The number of aryl methyl sites for hydroxylation is 3. The molecule has 4 aromatic carbocycles. The van der Waals surface area contributed by atoms with Gasteiger partial charge in [0.25, 0.3) is 0 Å². The van der Waals surface area contributed by atoms with Crippen molar-refractivity contribution in [1.29, 1.82) is 0 Å². The molecule has 4 aromatic rings. The van der Waals surface area contributed by atoms with E-state index in [9.17, 15) is 9.59 Å². The zero-order valence-electron chi connectivity index (χ0n) is 23.2. The predicted molar refractivity (Wildman–Crippen MR) is 163 cm³/mol. The van der Waals surface area contributed by atoms with Gasteiger partial charge in [0.05, 0.1) is 0 Å². The fourth-order valence-corrected chi connectivity index (χ4v) is 4.61. The summed E-state index contributed by atoms with van der Waals surface area (Å²) in [6.45, 7) is 8.58. The van der Waals surface area contributed by atoms with Crippen LogP contribution in [-0.2, 0) is 33.9 Å². The Morgan fingerprint density at radius 1 is 0.775 bits per heavy atom. The molecule has 0 N–H and O–H groups in total. The number of ether oxygens (including phenoxy) is 1. The Labute approximate surface area is 237 Å². The maximum Gasteiger partial charge on any atom is 0.330 e. The molecular formula is C36H35NO3. The number of nitrogens with zero attached hydrogens (tertiary/aromatic N) is 1. The monoisotopic (exact) mass is 529 g/mol. The van der Waals surface area contributed by atoms with Gasteiger partial charge >= 0.3 is 5.97 Å². The first-order chi connectivity index (χ1) is 19.4. The van der Waals surface area contributed by atoms with Crippen molar-refractivity contribution in [3.63, 3.8) is 0 Å². The molecule has 0 unspecified atom stereocenters. The van der Waals surface area contributed by atoms with E-state index in [2.05, 4.69) is 67.8 Å². The topological polar surface area (TPSA) is 46.6 Å². The minimum atomic E-state index is -0.436. The molecule has 0 radical (unpaired) electrons. The van der Waals surface area contributed by atoms with Crippen molar-refractivity contribution in [3.8, 4) is 0 Å². The van der Waals surface area contributed by atoms with Crippen LogP contribution in [0.25, 0.3) is 6.08 Å². The molecule has 0 aliphatic heterocycles. The summed E-state index contributed by atoms with van der Waals surface area (Å²) in [5.74, 6) is -0.322. The molecule has 0 saturated heterocycles. The van der Waals surface area contributed by atoms with Gasteiger partial charge in [-0.05, 0) is 72.9 Å². The summed E-state index contributed by atoms with van der Waals surface area (Å²) in [5.41, 5.74) is 8.83. The van der Waals surface area contributed by atoms with E-state index in [4.69, 9.17) is 4.74 Å². The quantitative estimate of drug-likeness (QED) is 0.137. The zero-order chi connectivity index (χ0) is 28.3. The Kier molecular flexibility index (Phi) is 9.84. The maximum atomic E-state index is 12.4.